The van der Waals surface area contributed by atoms with Crippen LogP contribution in [0.2, 0.25) is 0 Å². The summed E-state index contributed by atoms with van der Waals surface area (Å²) in [5, 5.41) is 0. The Morgan fingerprint density at radius 1 is 1.28 bits per heavy atom. The summed E-state index contributed by atoms with van der Waals surface area (Å²) in [5.74, 6) is 3.20. The van der Waals surface area contributed by atoms with Gasteiger partial charge in [0.25, 0.3) is 0 Å². The summed E-state index contributed by atoms with van der Waals surface area (Å²) < 4.78 is 2.34. The number of nitrogens with two attached hydrogens (primary N) is 1. The molecule has 2 N–H and O–H groups in total. The normalized spacial score (nSPS) is 29.2. The fraction of sp³-hybridized carbons (Fsp3) is 0.800. The van der Waals surface area contributed by atoms with Crippen molar-refractivity contribution in [3.05, 3.63) is 18.2 Å². The Kier molecular flexibility index (Phi) is 4.10. The highest BCUT2D eigenvalue weighted by Crippen LogP contribution is 2.37. The third-order valence-electron chi connectivity index (χ3n) is 4.42. The molecule has 1 aromatic rings. The third-order valence-corrected chi connectivity index (χ3v) is 4.42. The largest absolute Gasteiger partial charge is 0.330 e. The van der Waals surface area contributed by atoms with Gasteiger partial charge in [-0.1, -0.05) is 27.7 Å². The van der Waals surface area contributed by atoms with Gasteiger partial charge in [0.1, 0.15) is 5.82 Å². The van der Waals surface area contributed by atoms with Gasteiger partial charge in [-0.05, 0) is 31.1 Å². The van der Waals surface area contributed by atoms with Crippen molar-refractivity contribution in [1.82, 2.24) is 9.55 Å². The van der Waals surface area contributed by atoms with E-state index < -0.39 is 0 Å². The van der Waals surface area contributed by atoms with Gasteiger partial charge in [0.15, 0.2) is 0 Å². The Bertz CT molecular complexity index is 381. The Morgan fingerprint density at radius 3 is 2.61 bits per heavy atom. The molecule has 1 aliphatic carbocycles. The summed E-state index contributed by atoms with van der Waals surface area (Å²) in [4.78, 5) is 4.50. The molecular formula is C15H27N3. The van der Waals surface area contributed by atoms with Crippen LogP contribution in [0.5, 0.6) is 0 Å². The maximum Gasteiger partial charge on any atom is 0.111 e. The van der Waals surface area contributed by atoms with Gasteiger partial charge in [-0.3, -0.25) is 0 Å². The molecule has 0 spiro atoms. The van der Waals surface area contributed by atoms with Gasteiger partial charge in [0.2, 0.25) is 0 Å². The van der Waals surface area contributed by atoms with Gasteiger partial charge in [-0.25, -0.2) is 4.98 Å². The maximum absolute atomic E-state index is 6.35. The average molecular weight is 249 g/mol. The monoisotopic (exact) mass is 249 g/mol. The minimum absolute atomic E-state index is 0.284. The minimum Gasteiger partial charge on any atom is -0.330 e. The molecule has 3 heteroatoms. The van der Waals surface area contributed by atoms with Crippen LogP contribution in [0.3, 0.4) is 0 Å². The van der Waals surface area contributed by atoms with Crippen molar-refractivity contribution >= 4 is 0 Å². The van der Waals surface area contributed by atoms with Crippen molar-refractivity contribution in [3.63, 3.8) is 0 Å². The fourth-order valence-electron chi connectivity index (χ4n) is 3.18. The molecule has 1 aromatic heterocycles. The van der Waals surface area contributed by atoms with Crippen LogP contribution in [-0.2, 0) is 0 Å². The predicted molar refractivity (Wildman–Crippen MR) is 75.5 cm³/mol. The first kappa shape index (κ1) is 13.6. The van der Waals surface area contributed by atoms with E-state index in [0.717, 1.165) is 18.3 Å². The first-order valence-electron chi connectivity index (χ1n) is 7.29. The van der Waals surface area contributed by atoms with Crippen LogP contribution >= 0.6 is 0 Å². The zero-order valence-electron chi connectivity index (χ0n) is 12.1. The summed E-state index contributed by atoms with van der Waals surface area (Å²) in [6.45, 7) is 9.06. The summed E-state index contributed by atoms with van der Waals surface area (Å²) in [6.07, 6.45) is 7.66. The van der Waals surface area contributed by atoms with Crippen molar-refractivity contribution in [2.75, 3.05) is 0 Å². The molecule has 0 radical (unpaired) electrons. The lowest BCUT2D eigenvalue weighted by Gasteiger charge is -2.37. The molecule has 1 aliphatic rings. The van der Waals surface area contributed by atoms with Crippen LogP contribution in [-0.4, -0.2) is 15.6 Å². The molecule has 3 unspecified atom stereocenters. The van der Waals surface area contributed by atoms with Gasteiger partial charge in [-0.2, -0.15) is 0 Å². The Morgan fingerprint density at radius 2 is 2.00 bits per heavy atom. The summed E-state index contributed by atoms with van der Waals surface area (Å²) in [7, 11) is 0. The second kappa shape index (κ2) is 5.43. The molecule has 0 bridgehead atoms. The molecule has 0 aliphatic heterocycles. The topological polar surface area (TPSA) is 43.8 Å². The lowest BCUT2D eigenvalue weighted by atomic mass is 9.77. The molecule has 2 rings (SSSR count). The number of aromatic nitrogens is 2. The van der Waals surface area contributed by atoms with E-state index in [1.165, 1.54) is 18.7 Å². The lowest BCUT2D eigenvalue weighted by Crippen LogP contribution is -2.39. The van der Waals surface area contributed by atoms with Gasteiger partial charge >= 0.3 is 0 Å². The van der Waals surface area contributed by atoms with Crippen molar-refractivity contribution in [1.29, 1.82) is 0 Å². The van der Waals surface area contributed by atoms with E-state index in [2.05, 4.69) is 43.4 Å². The first-order chi connectivity index (χ1) is 8.50. The molecule has 1 saturated carbocycles. The summed E-state index contributed by atoms with van der Waals surface area (Å²) >= 11 is 0. The standard InChI is InChI=1S/C15H27N3/c1-10(2)12-5-6-13(16)14(9-12)18-8-7-17-15(18)11(3)4/h7-8,10-14H,5-6,9,16H2,1-4H3. The highest BCUT2D eigenvalue weighted by molar-refractivity contribution is 5.03. The number of hydrogen-bond acceptors (Lipinski definition) is 2. The highest BCUT2D eigenvalue weighted by Gasteiger charge is 2.31. The molecule has 3 atom stereocenters. The second-order valence-corrected chi connectivity index (χ2v) is 6.40. The van der Waals surface area contributed by atoms with E-state index in [-0.39, 0.29) is 6.04 Å². The van der Waals surface area contributed by atoms with E-state index in [0.29, 0.717) is 12.0 Å². The number of nitrogens with zero attached hydrogens (tertiary/aromatic N) is 2. The van der Waals surface area contributed by atoms with Crippen LogP contribution < -0.4 is 5.73 Å². The van der Waals surface area contributed by atoms with Gasteiger partial charge < -0.3 is 10.3 Å². The fourth-order valence-corrected chi connectivity index (χ4v) is 3.18. The Balaban J connectivity index is 2.21. The van der Waals surface area contributed by atoms with Crippen LogP contribution in [0.4, 0.5) is 0 Å². The Labute approximate surface area is 111 Å². The summed E-state index contributed by atoms with van der Waals surface area (Å²) in [5.41, 5.74) is 6.35. The van der Waals surface area contributed by atoms with Crippen molar-refractivity contribution < 1.29 is 0 Å². The van der Waals surface area contributed by atoms with Crippen molar-refractivity contribution in [2.24, 2.45) is 17.6 Å². The quantitative estimate of drug-likeness (QED) is 0.893. The number of imidazole rings is 1. The molecule has 0 aromatic carbocycles. The van der Waals surface area contributed by atoms with E-state index in [9.17, 15) is 0 Å². The minimum atomic E-state index is 0.284. The SMILES string of the molecule is CC(C)c1nccn1C1CC(C(C)C)CCC1N. The lowest BCUT2D eigenvalue weighted by molar-refractivity contribution is 0.190. The number of rotatable bonds is 3. The van der Waals surface area contributed by atoms with E-state index in [1.54, 1.807) is 0 Å². The third kappa shape index (κ3) is 2.61. The molecule has 1 heterocycles. The van der Waals surface area contributed by atoms with Crippen LogP contribution in [0.25, 0.3) is 0 Å². The molecule has 0 amide bonds. The smallest absolute Gasteiger partial charge is 0.111 e. The zero-order valence-corrected chi connectivity index (χ0v) is 12.1. The van der Waals surface area contributed by atoms with Crippen molar-refractivity contribution in [2.45, 2.75) is 65.0 Å². The van der Waals surface area contributed by atoms with Crippen molar-refractivity contribution in [3.8, 4) is 0 Å². The predicted octanol–water partition coefficient (Wildman–Crippen LogP) is 3.33. The maximum atomic E-state index is 6.35. The highest BCUT2D eigenvalue weighted by atomic mass is 15.1. The second-order valence-electron chi connectivity index (χ2n) is 6.40. The molecule has 3 nitrogen and oxygen atoms in total. The zero-order chi connectivity index (χ0) is 13.3. The number of hydrogen-bond donors (Lipinski definition) is 1. The molecule has 0 saturated heterocycles. The Hall–Kier alpha value is -0.830. The molecular weight excluding hydrogens is 222 g/mol. The molecule has 18 heavy (non-hydrogen) atoms. The van der Waals surface area contributed by atoms with Crippen LogP contribution in [0, 0.1) is 11.8 Å². The van der Waals surface area contributed by atoms with Crippen LogP contribution in [0.1, 0.15) is 64.7 Å². The first-order valence-corrected chi connectivity index (χ1v) is 7.29. The van der Waals surface area contributed by atoms with Gasteiger partial charge in [-0.15, -0.1) is 0 Å². The van der Waals surface area contributed by atoms with Gasteiger partial charge in [0.05, 0.1) is 6.04 Å². The molecule has 1 fully saturated rings. The van der Waals surface area contributed by atoms with E-state index in [1.807, 2.05) is 6.20 Å². The van der Waals surface area contributed by atoms with E-state index >= 15 is 0 Å². The van der Waals surface area contributed by atoms with Gasteiger partial charge in [0, 0.05) is 24.4 Å². The van der Waals surface area contributed by atoms with E-state index in [4.69, 9.17) is 5.73 Å². The van der Waals surface area contributed by atoms with Crippen LogP contribution in [0.15, 0.2) is 12.4 Å². The molecule has 102 valence electrons. The summed E-state index contributed by atoms with van der Waals surface area (Å²) in [6, 6.07) is 0.720. The average Bonchev–Trinajstić information content (AvgIpc) is 2.78.